The van der Waals surface area contributed by atoms with Gasteiger partial charge in [-0.3, -0.25) is 39.3 Å². The molecule has 3 aromatic rings. The molecule has 4 aliphatic rings. The molecule has 47 heavy (non-hydrogen) atoms. The average Bonchev–Trinajstić information content (AvgIpc) is 3.40. The van der Waals surface area contributed by atoms with Crippen LogP contribution in [0.25, 0.3) is 0 Å². The number of halogens is 2. The minimum atomic E-state index is -3.11. The summed E-state index contributed by atoms with van der Waals surface area (Å²) in [6.07, 6.45) is 2.29. The van der Waals surface area contributed by atoms with Crippen molar-refractivity contribution in [1.29, 1.82) is 0 Å². The van der Waals surface area contributed by atoms with Crippen LogP contribution in [-0.2, 0) is 16.1 Å². The second kappa shape index (κ2) is 12.6. The molecule has 0 bridgehead atoms. The van der Waals surface area contributed by atoms with Gasteiger partial charge in [0.2, 0.25) is 11.8 Å². The van der Waals surface area contributed by atoms with Gasteiger partial charge >= 0.3 is 0 Å². The molecule has 4 amide bonds. The maximum atomic E-state index is 15.8. The topological polar surface area (TPSA) is 106 Å². The van der Waals surface area contributed by atoms with Crippen LogP contribution in [-0.4, -0.2) is 105 Å². The molecule has 0 spiro atoms. The first-order chi connectivity index (χ1) is 22.7. The summed E-state index contributed by atoms with van der Waals surface area (Å²) in [6.45, 7) is 1.79. The van der Waals surface area contributed by atoms with Crippen LogP contribution in [0.15, 0.2) is 72.9 Å². The summed E-state index contributed by atoms with van der Waals surface area (Å²) in [5.74, 6) is -4.86. The fraction of sp³-hybridized carbons (Fsp3) is 0.400. The largest absolute Gasteiger partial charge is 0.332 e. The van der Waals surface area contributed by atoms with Gasteiger partial charge in [0.1, 0.15) is 6.04 Å². The van der Waals surface area contributed by atoms with Gasteiger partial charge in [0.15, 0.2) is 0 Å². The third-order valence-electron chi connectivity index (χ3n) is 9.86. The van der Waals surface area contributed by atoms with Gasteiger partial charge in [-0.15, -0.1) is 0 Å². The first-order valence-electron chi connectivity index (χ1n) is 16.1. The van der Waals surface area contributed by atoms with Gasteiger partial charge in [0.05, 0.1) is 24.3 Å². The van der Waals surface area contributed by atoms with Crippen molar-refractivity contribution >= 4 is 23.6 Å². The molecule has 4 aliphatic heterocycles. The van der Waals surface area contributed by atoms with Gasteiger partial charge in [-0.1, -0.05) is 36.4 Å². The zero-order valence-corrected chi connectivity index (χ0v) is 25.9. The molecule has 0 aliphatic carbocycles. The number of rotatable bonds is 6. The van der Waals surface area contributed by atoms with Crippen molar-refractivity contribution in [3.8, 4) is 0 Å². The van der Waals surface area contributed by atoms with Gasteiger partial charge in [-0.2, -0.15) is 0 Å². The Bertz CT molecular complexity index is 1640. The predicted molar refractivity (Wildman–Crippen MR) is 167 cm³/mol. The molecule has 0 radical (unpaired) electrons. The Kier molecular flexibility index (Phi) is 8.31. The molecule has 12 heteroatoms. The van der Waals surface area contributed by atoms with Crippen molar-refractivity contribution in [3.63, 3.8) is 0 Å². The molecule has 244 valence electrons. The number of carbonyl (C=O) groups is 4. The highest BCUT2D eigenvalue weighted by Crippen LogP contribution is 2.35. The summed E-state index contributed by atoms with van der Waals surface area (Å²) in [7, 11) is 0. The minimum absolute atomic E-state index is 0.0711. The summed E-state index contributed by atoms with van der Waals surface area (Å²) in [5.41, 5.74) is 3.18. The van der Waals surface area contributed by atoms with E-state index in [-0.39, 0.29) is 55.8 Å². The van der Waals surface area contributed by atoms with Crippen molar-refractivity contribution in [2.45, 2.75) is 49.9 Å². The van der Waals surface area contributed by atoms with Crippen LogP contribution in [0.1, 0.15) is 62.8 Å². The van der Waals surface area contributed by atoms with E-state index in [1.54, 1.807) is 12.3 Å². The minimum Gasteiger partial charge on any atom is -0.332 e. The molecule has 10 nitrogen and oxygen atoms in total. The lowest BCUT2D eigenvalue weighted by atomic mass is 9.96. The Morgan fingerprint density at radius 3 is 2.38 bits per heavy atom. The first kappa shape index (κ1) is 31.1. The third kappa shape index (κ3) is 6.03. The second-order valence-corrected chi connectivity index (χ2v) is 12.7. The van der Waals surface area contributed by atoms with Crippen molar-refractivity contribution < 1.29 is 28.0 Å². The normalized spacial score (nSPS) is 24.2. The summed E-state index contributed by atoms with van der Waals surface area (Å²) in [6, 6.07) is 18.7. The number of likely N-dealkylation sites (tertiary alicyclic amines) is 1. The number of hydrogen-bond acceptors (Lipinski definition) is 7. The SMILES string of the molecule is O=C1CCC(N2Cc3cc(C(=O)N4CCC(N5CCN(C(c6ccccc6)c6ccccn6)CC5)C(F)(F)C4)ccc3C2=O)C(=O)N1. The number of aromatic nitrogens is 1. The standard InChI is InChI=1S/C35H36F2N6O4/c36-35(37)22-42(33(46)24-9-10-26-25(20-24)21-43(34(26)47)28-11-12-30(44)39-32(28)45)15-13-29(35)40-16-18-41(19-17-40)31(23-6-2-1-3-7-23)27-8-4-5-14-38-27/h1-10,14,20,28-29,31H,11-13,15-19,21-22H2,(H,39,44,45). The lowest BCUT2D eigenvalue weighted by Gasteiger charge is -2.47. The van der Waals surface area contributed by atoms with Crippen LogP contribution < -0.4 is 5.32 Å². The average molecular weight is 643 g/mol. The summed E-state index contributed by atoms with van der Waals surface area (Å²) in [5, 5.41) is 2.27. The highest BCUT2D eigenvalue weighted by Gasteiger charge is 2.49. The zero-order chi connectivity index (χ0) is 32.7. The molecule has 1 N–H and O–H groups in total. The van der Waals surface area contributed by atoms with Gasteiger partial charge in [0.25, 0.3) is 17.7 Å². The Hall–Kier alpha value is -4.55. The number of imide groups is 1. The molecule has 2 aromatic carbocycles. The number of piperidine rings is 2. The number of amides is 4. The Balaban J connectivity index is 0.990. The van der Waals surface area contributed by atoms with Crippen molar-refractivity contribution in [2.75, 3.05) is 39.3 Å². The van der Waals surface area contributed by atoms with Gasteiger partial charge in [0, 0.05) is 63.0 Å². The lowest BCUT2D eigenvalue weighted by Crippen LogP contribution is -2.62. The van der Waals surface area contributed by atoms with E-state index in [4.69, 9.17) is 0 Å². The van der Waals surface area contributed by atoms with Gasteiger partial charge in [-0.05, 0) is 54.3 Å². The summed E-state index contributed by atoms with van der Waals surface area (Å²) < 4.78 is 31.6. The van der Waals surface area contributed by atoms with E-state index < -0.39 is 36.4 Å². The van der Waals surface area contributed by atoms with Crippen molar-refractivity contribution in [1.82, 2.24) is 29.9 Å². The molecule has 3 unspecified atom stereocenters. The zero-order valence-electron chi connectivity index (χ0n) is 25.9. The van der Waals surface area contributed by atoms with Crippen LogP contribution in [0, 0.1) is 0 Å². The quantitative estimate of drug-likeness (QED) is 0.412. The highest BCUT2D eigenvalue weighted by molar-refractivity contribution is 6.06. The first-order valence-corrected chi connectivity index (χ1v) is 16.1. The molecular formula is C35H36F2N6O4. The van der Waals surface area contributed by atoms with E-state index in [1.807, 2.05) is 41.3 Å². The number of alkyl halides is 2. The fourth-order valence-electron chi connectivity index (χ4n) is 7.49. The van der Waals surface area contributed by atoms with Crippen LogP contribution in [0.5, 0.6) is 0 Å². The molecule has 0 saturated carbocycles. The maximum absolute atomic E-state index is 15.8. The van der Waals surface area contributed by atoms with Crippen molar-refractivity contribution in [2.24, 2.45) is 0 Å². The van der Waals surface area contributed by atoms with E-state index >= 15 is 8.78 Å². The second-order valence-electron chi connectivity index (χ2n) is 12.7. The highest BCUT2D eigenvalue weighted by atomic mass is 19.3. The number of benzene rings is 2. The number of pyridine rings is 1. The molecular weight excluding hydrogens is 606 g/mol. The fourth-order valence-corrected chi connectivity index (χ4v) is 7.49. The number of nitrogens with one attached hydrogen (secondary N) is 1. The molecule has 7 rings (SSSR count). The number of piperazine rings is 1. The number of fused-ring (bicyclic) bond motifs is 1. The van der Waals surface area contributed by atoms with Crippen molar-refractivity contribution in [3.05, 3.63) is 101 Å². The number of carbonyl (C=O) groups excluding carboxylic acids is 4. The monoisotopic (exact) mass is 642 g/mol. The van der Waals surface area contributed by atoms with Gasteiger partial charge in [-0.25, -0.2) is 8.78 Å². The molecule has 3 atom stereocenters. The van der Waals surface area contributed by atoms with E-state index in [1.165, 1.54) is 21.9 Å². The Labute approximate surface area is 271 Å². The Morgan fingerprint density at radius 2 is 1.68 bits per heavy atom. The molecule has 5 heterocycles. The molecule has 1 aromatic heterocycles. The Morgan fingerprint density at radius 1 is 0.915 bits per heavy atom. The van der Waals surface area contributed by atoms with E-state index in [9.17, 15) is 19.2 Å². The van der Waals surface area contributed by atoms with Crippen LogP contribution >= 0.6 is 0 Å². The van der Waals surface area contributed by atoms with Crippen LogP contribution in [0.3, 0.4) is 0 Å². The van der Waals surface area contributed by atoms with Crippen LogP contribution in [0.2, 0.25) is 0 Å². The third-order valence-corrected chi connectivity index (χ3v) is 9.86. The van der Waals surface area contributed by atoms with E-state index in [0.717, 1.165) is 11.3 Å². The number of hydrogen-bond donors (Lipinski definition) is 1. The smallest absolute Gasteiger partial charge is 0.280 e. The summed E-state index contributed by atoms with van der Waals surface area (Å²) in [4.78, 5) is 61.8. The maximum Gasteiger partial charge on any atom is 0.280 e. The number of nitrogens with zero attached hydrogens (tertiary/aromatic N) is 5. The van der Waals surface area contributed by atoms with Crippen LogP contribution in [0.4, 0.5) is 8.78 Å². The lowest BCUT2D eigenvalue weighted by molar-refractivity contribution is -0.136. The van der Waals surface area contributed by atoms with E-state index in [2.05, 4.69) is 27.3 Å². The van der Waals surface area contributed by atoms with E-state index in [0.29, 0.717) is 37.3 Å². The van der Waals surface area contributed by atoms with Gasteiger partial charge < -0.3 is 9.80 Å². The summed E-state index contributed by atoms with van der Waals surface area (Å²) >= 11 is 0. The molecule has 3 saturated heterocycles. The molecule has 3 fully saturated rings. The predicted octanol–water partition coefficient (Wildman–Crippen LogP) is 3.10.